The third-order valence-corrected chi connectivity index (χ3v) is 4.00. The van der Waals surface area contributed by atoms with Crippen LogP contribution in [0.5, 0.6) is 0 Å². The van der Waals surface area contributed by atoms with E-state index in [9.17, 15) is 4.79 Å². The zero-order valence-electron chi connectivity index (χ0n) is 11.3. The molecule has 3 heterocycles. The molecule has 1 aromatic heterocycles. The van der Waals surface area contributed by atoms with Gasteiger partial charge in [0.05, 0.1) is 12.8 Å². The molecule has 1 N–H and O–H groups in total. The number of carbonyl (C=O) groups is 1. The summed E-state index contributed by atoms with van der Waals surface area (Å²) in [5.41, 5.74) is 0.102. The lowest BCUT2D eigenvalue weighted by atomic mass is 9.92. The van der Waals surface area contributed by atoms with Gasteiger partial charge < -0.3 is 19.9 Å². The molecular weight excluding hydrogens is 246 g/mol. The van der Waals surface area contributed by atoms with Crippen molar-refractivity contribution in [3.05, 3.63) is 6.20 Å². The highest BCUT2D eigenvalue weighted by Gasteiger charge is 2.52. The average molecular weight is 263 g/mol. The number of aromatic nitrogens is 2. The number of carbonyl (C=O) groups excluding carboxylic acids is 1. The van der Waals surface area contributed by atoms with E-state index in [2.05, 4.69) is 15.3 Å². The van der Waals surface area contributed by atoms with Crippen molar-refractivity contribution in [1.29, 1.82) is 0 Å². The van der Waals surface area contributed by atoms with Crippen LogP contribution >= 0.6 is 0 Å². The molecule has 102 valence electrons. The molecule has 1 aromatic rings. The molecule has 0 radical (unpaired) electrons. The van der Waals surface area contributed by atoms with Gasteiger partial charge in [-0.2, -0.15) is 4.98 Å². The van der Waals surface area contributed by atoms with Crippen LogP contribution in [0.3, 0.4) is 0 Å². The Morgan fingerprint density at radius 3 is 2.89 bits per heavy atom. The maximum Gasteiger partial charge on any atom is 0.255 e. The van der Waals surface area contributed by atoms with Crippen LogP contribution in [-0.2, 0) is 9.53 Å². The van der Waals surface area contributed by atoms with Crippen LogP contribution in [0.4, 0.5) is 17.5 Å². The zero-order chi connectivity index (χ0) is 13.6. The van der Waals surface area contributed by atoms with Crippen LogP contribution < -0.4 is 15.1 Å². The van der Waals surface area contributed by atoms with E-state index in [1.807, 2.05) is 11.9 Å². The third kappa shape index (κ3) is 1.51. The number of ether oxygens (including phenoxy) is 1. The standard InChI is InChI=1S/C12H17N5O2/c1-13-11-14-6-8-9(15-11)17(3)12(4-5-19-7-12)10(18)16(8)2/h6H,4-5,7H2,1-3H3,(H,13,14,15). The Hall–Kier alpha value is -1.89. The first-order valence-electron chi connectivity index (χ1n) is 6.25. The van der Waals surface area contributed by atoms with Crippen LogP contribution in [0, 0.1) is 0 Å². The first-order chi connectivity index (χ1) is 9.10. The lowest BCUT2D eigenvalue weighted by Crippen LogP contribution is -2.62. The van der Waals surface area contributed by atoms with Crippen molar-refractivity contribution in [1.82, 2.24) is 9.97 Å². The molecule has 1 amide bonds. The van der Waals surface area contributed by atoms with Gasteiger partial charge in [-0.1, -0.05) is 0 Å². The van der Waals surface area contributed by atoms with Gasteiger partial charge in [-0.3, -0.25) is 4.79 Å². The van der Waals surface area contributed by atoms with E-state index in [-0.39, 0.29) is 5.91 Å². The smallest absolute Gasteiger partial charge is 0.255 e. The molecule has 1 spiro atoms. The number of amides is 1. The number of fused-ring (bicyclic) bond motifs is 1. The van der Waals surface area contributed by atoms with Gasteiger partial charge in [-0.15, -0.1) is 0 Å². The number of likely N-dealkylation sites (N-methyl/N-ethyl adjacent to an activating group) is 2. The molecule has 0 aliphatic carbocycles. The average Bonchev–Trinajstić information content (AvgIpc) is 2.93. The quantitative estimate of drug-likeness (QED) is 0.774. The number of hydrogen-bond donors (Lipinski definition) is 1. The van der Waals surface area contributed by atoms with E-state index in [1.54, 1.807) is 25.2 Å². The van der Waals surface area contributed by atoms with Gasteiger partial charge in [0.2, 0.25) is 5.95 Å². The molecule has 0 saturated carbocycles. The van der Waals surface area contributed by atoms with Crippen molar-refractivity contribution in [2.24, 2.45) is 0 Å². The molecule has 2 aliphatic rings. The van der Waals surface area contributed by atoms with Crippen molar-refractivity contribution in [3.8, 4) is 0 Å². The summed E-state index contributed by atoms with van der Waals surface area (Å²) in [6, 6.07) is 0. The number of anilines is 3. The second kappa shape index (κ2) is 4.06. The minimum Gasteiger partial charge on any atom is -0.378 e. The second-order valence-electron chi connectivity index (χ2n) is 4.91. The Labute approximate surface area is 111 Å². The fraction of sp³-hybridized carbons (Fsp3) is 0.583. The SMILES string of the molecule is CNc1ncc2c(n1)N(C)C1(CCOC1)C(=O)N2C. The fourth-order valence-electron chi connectivity index (χ4n) is 2.73. The Balaban J connectivity index is 2.14. The van der Waals surface area contributed by atoms with Crippen LogP contribution in [0.1, 0.15) is 6.42 Å². The first-order valence-corrected chi connectivity index (χ1v) is 6.25. The van der Waals surface area contributed by atoms with Crippen molar-refractivity contribution < 1.29 is 9.53 Å². The van der Waals surface area contributed by atoms with Gasteiger partial charge in [0.1, 0.15) is 11.2 Å². The summed E-state index contributed by atoms with van der Waals surface area (Å²) in [5.74, 6) is 1.34. The highest BCUT2D eigenvalue weighted by atomic mass is 16.5. The van der Waals surface area contributed by atoms with Gasteiger partial charge in [0.25, 0.3) is 5.91 Å². The molecule has 7 heteroatoms. The number of nitrogens with zero attached hydrogens (tertiary/aromatic N) is 4. The van der Waals surface area contributed by atoms with E-state index in [0.717, 1.165) is 11.5 Å². The first kappa shape index (κ1) is 12.2. The Bertz CT molecular complexity index is 527. The molecule has 7 nitrogen and oxygen atoms in total. The molecule has 2 aliphatic heterocycles. The van der Waals surface area contributed by atoms with Gasteiger partial charge in [0.15, 0.2) is 5.82 Å². The van der Waals surface area contributed by atoms with Gasteiger partial charge in [-0.25, -0.2) is 4.98 Å². The summed E-state index contributed by atoms with van der Waals surface area (Å²) >= 11 is 0. The minimum atomic E-state index is -0.624. The van der Waals surface area contributed by atoms with Crippen LogP contribution in [0.2, 0.25) is 0 Å². The van der Waals surface area contributed by atoms with E-state index in [4.69, 9.17) is 4.74 Å². The van der Waals surface area contributed by atoms with Crippen molar-refractivity contribution in [3.63, 3.8) is 0 Å². The molecule has 3 rings (SSSR count). The summed E-state index contributed by atoms with van der Waals surface area (Å²) in [6.45, 7) is 1.01. The zero-order valence-corrected chi connectivity index (χ0v) is 11.3. The number of hydrogen-bond acceptors (Lipinski definition) is 6. The Morgan fingerprint density at radius 2 is 2.26 bits per heavy atom. The fourth-order valence-corrected chi connectivity index (χ4v) is 2.73. The lowest BCUT2D eigenvalue weighted by Gasteiger charge is -2.44. The van der Waals surface area contributed by atoms with Gasteiger partial charge in [0, 0.05) is 34.2 Å². The molecule has 1 atom stereocenters. The molecule has 1 saturated heterocycles. The van der Waals surface area contributed by atoms with Crippen molar-refractivity contribution >= 4 is 23.4 Å². The van der Waals surface area contributed by atoms with Crippen molar-refractivity contribution in [2.45, 2.75) is 12.0 Å². The molecule has 1 unspecified atom stereocenters. The number of nitrogens with one attached hydrogen (secondary N) is 1. The van der Waals surface area contributed by atoms with Crippen molar-refractivity contribution in [2.75, 3.05) is 49.5 Å². The van der Waals surface area contributed by atoms with E-state index < -0.39 is 5.54 Å². The summed E-state index contributed by atoms with van der Waals surface area (Å²) in [7, 11) is 5.43. The van der Waals surface area contributed by atoms with E-state index in [1.165, 1.54) is 0 Å². The predicted molar refractivity (Wildman–Crippen MR) is 71.6 cm³/mol. The van der Waals surface area contributed by atoms with Gasteiger partial charge in [-0.05, 0) is 0 Å². The van der Waals surface area contributed by atoms with Gasteiger partial charge >= 0.3 is 0 Å². The summed E-state index contributed by atoms with van der Waals surface area (Å²) < 4.78 is 5.45. The van der Waals surface area contributed by atoms with E-state index >= 15 is 0 Å². The van der Waals surface area contributed by atoms with Crippen LogP contribution in [0.15, 0.2) is 6.20 Å². The van der Waals surface area contributed by atoms with E-state index in [0.29, 0.717) is 25.6 Å². The topological polar surface area (TPSA) is 70.6 Å². The molecule has 1 fully saturated rings. The summed E-state index contributed by atoms with van der Waals surface area (Å²) in [5, 5.41) is 2.92. The predicted octanol–water partition coefficient (Wildman–Crippen LogP) is 0.0900. The van der Waals surface area contributed by atoms with Crippen LogP contribution in [0.25, 0.3) is 0 Å². The van der Waals surface area contributed by atoms with Crippen LogP contribution in [-0.4, -0.2) is 55.8 Å². The molecule has 0 bridgehead atoms. The molecular formula is C12H17N5O2. The normalized spacial score (nSPS) is 25.9. The third-order valence-electron chi connectivity index (χ3n) is 4.00. The largest absolute Gasteiger partial charge is 0.378 e. The number of rotatable bonds is 1. The highest BCUT2D eigenvalue weighted by molar-refractivity contribution is 6.07. The maximum absolute atomic E-state index is 12.6. The lowest BCUT2D eigenvalue weighted by molar-refractivity contribution is -0.123. The Morgan fingerprint density at radius 1 is 1.47 bits per heavy atom. The highest BCUT2D eigenvalue weighted by Crippen LogP contribution is 2.41. The Kier molecular flexibility index (Phi) is 2.60. The second-order valence-corrected chi connectivity index (χ2v) is 4.91. The maximum atomic E-state index is 12.6. The minimum absolute atomic E-state index is 0.0424. The monoisotopic (exact) mass is 263 g/mol. The summed E-state index contributed by atoms with van der Waals surface area (Å²) in [6.07, 6.45) is 2.36. The molecule has 19 heavy (non-hydrogen) atoms. The summed E-state index contributed by atoms with van der Waals surface area (Å²) in [4.78, 5) is 24.8. The molecule has 0 aromatic carbocycles.